The van der Waals surface area contributed by atoms with Crippen LogP contribution in [0.15, 0.2) is 12.3 Å². The molecule has 0 radical (unpaired) electrons. The molecular weight excluding hydrogens is 311 g/mol. The number of hydrogen-bond donors (Lipinski definition) is 0. The van der Waals surface area contributed by atoms with Crippen molar-refractivity contribution in [1.29, 1.82) is 0 Å². The van der Waals surface area contributed by atoms with E-state index < -0.39 is 5.51 Å². The van der Waals surface area contributed by atoms with Gasteiger partial charge in [0.1, 0.15) is 11.3 Å². The topological polar surface area (TPSA) is 30.7 Å². The zero-order chi connectivity index (χ0) is 14.9. The van der Waals surface area contributed by atoms with E-state index in [-0.39, 0.29) is 29.4 Å². The van der Waals surface area contributed by atoms with Crippen LogP contribution in [-0.2, 0) is 6.54 Å². The van der Waals surface area contributed by atoms with E-state index in [1.165, 1.54) is 0 Å². The summed E-state index contributed by atoms with van der Waals surface area (Å²) < 4.78 is 38.3. The first kappa shape index (κ1) is 15.4. The summed E-state index contributed by atoms with van der Waals surface area (Å²) in [6.45, 7) is 3.80. The van der Waals surface area contributed by atoms with Gasteiger partial charge in [-0.1, -0.05) is 0 Å². The average Bonchev–Trinajstić information content (AvgIpc) is 2.68. The van der Waals surface area contributed by atoms with E-state index >= 15 is 0 Å². The summed E-state index contributed by atoms with van der Waals surface area (Å²) >= 11 is 6.01. The lowest BCUT2D eigenvalue weighted by Crippen LogP contribution is -2.10. The molecule has 0 bridgehead atoms. The maximum atomic E-state index is 12.2. The van der Waals surface area contributed by atoms with Crippen LogP contribution in [0.25, 0.3) is 11.2 Å². The highest BCUT2D eigenvalue weighted by Crippen LogP contribution is 2.31. The van der Waals surface area contributed by atoms with Gasteiger partial charge in [-0.25, -0.2) is 9.97 Å². The first-order chi connectivity index (χ1) is 9.29. The van der Waals surface area contributed by atoms with Gasteiger partial charge in [0, 0.05) is 18.5 Å². The Labute approximate surface area is 123 Å². The molecular formula is C12H13ClF3N3S. The van der Waals surface area contributed by atoms with Gasteiger partial charge in [-0.2, -0.15) is 13.2 Å². The van der Waals surface area contributed by atoms with Crippen LogP contribution in [0, 0.1) is 6.92 Å². The normalized spacial score (nSPS) is 13.9. The largest absolute Gasteiger partial charge is 0.441 e. The molecule has 1 atom stereocenters. The number of aryl methyl sites for hydroxylation is 2. The predicted octanol–water partition coefficient (Wildman–Crippen LogP) is 4.29. The molecule has 0 aliphatic carbocycles. The Morgan fingerprint density at radius 2 is 2.15 bits per heavy atom. The van der Waals surface area contributed by atoms with Crippen LogP contribution in [0.1, 0.15) is 23.7 Å². The van der Waals surface area contributed by atoms with Gasteiger partial charge in [-0.05, 0) is 37.2 Å². The minimum Gasteiger partial charge on any atom is -0.311 e. The highest BCUT2D eigenvalue weighted by Gasteiger charge is 2.28. The van der Waals surface area contributed by atoms with Gasteiger partial charge in [0.25, 0.3) is 0 Å². The summed E-state index contributed by atoms with van der Waals surface area (Å²) in [5.41, 5.74) is -2.04. The summed E-state index contributed by atoms with van der Waals surface area (Å²) in [6, 6.07) is 1.81. The molecule has 0 saturated heterocycles. The zero-order valence-corrected chi connectivity index (χ0v) is 12.5. The highest BCUT2D eigenvalue weighted by atomic mass is 35.5. The number of hydrogen-bond acceptors (Lipinski definition) is 3. The molecule has 0 N–H and O–H groups in total. The molecule has 20 heavy (non-hydrogen) atoms. The van der Waals surface area contributed by atoms with E-state index in [2.05, 4.69) is 9.97 Å². The number of fused-ring (bicyclic) bond motifs is 1. The van der Waals surface area contributed by atoms with Gasteiger partial charge in [-0.3, -0.25) is 0 Å². The van der Waals surface area contributed by atoms with Crippen LogP contribution < -0.4 is 0 Å². The van der Waals surface area contributed by atoms with Crippen LogP contribution in [0.3, 0.4) is 0 Å². The molecule has 1 unspecified atom stereocenters. The van der Waals surface area contributed by atoms with Crippen molar-refractivity contribution in [2.24, 2.45) is 0 Å². The Hall–Kier alpha value is -0.950. The summed E-state index contributed by atoms with van der Waals surface area (Å²) in [6.07, 6.45) is 1.62. The Balaban J connectivity index is 2.34. The van der Waals surface area contributed by atoms with Gasteiger partial charge >= 0.3 is 5.51 Å². The standard InChI is InChI=1S/C12H13ClF3N3S/c1-7-3-4-17-11-9(7)18-10(8(2)13)19(11)5-6-20-12(14,15)16/h3-4,8H,5-6H2,1-2H3. The van der Waals surface area contributed by atoms with E-state index in [9.17, 15) is 13.2 Å². The van der Waals surface area contributed by atoms with Crippen LogP contribution in [0.5, 0.6) is 0 Å². The van der Waals surface area contributed by atoms with Crippen molar-refractivity contribution in [2.75, 3.05) is 5.75 Å². The van der Waals surface area contributed by atoms with Crippen molar-refractivity contribution < 1.29 is 13.2 Å². The average molecular weight is 324 g/mol. The molecule has 0 spiro atoms. The van der Waals surface area contributed by atoms with Gasteiger partial charge in [-0.15, -0.1) is 11.6 Å². The molecule has 0 saturated carbocycles. The summed E-state index contributed by atoms with van der Waals surface area (Å²) in [5, 5.41) is -0.389. The number of aromatic nitrogens is 3. The molecule has 2 heterocycles. The minimum absolute atomic E-state index is 0.0545. The molecule has 3 nitrogen and oxygen atoms in total. The van der Waals surface area contributed by atoms with Crippen molar-refractivity contribution in [3.05, 3.63) is 23.7 Å². The van der Waals surface area contributed by atoms with Crippen LogP contribution in [0.4, 0.5) is 13.2 Å². The molecule has 110 valence electrons. The lowest BCUT2D eigenvalue weighted by Gasteiger charge is -2.10. The van der Waals surface area contributed by atoms with Crippen molar-refractivity contribution >= 4 is 34.5 Å². The molecule has 0 aliphatic rings. The lowest BCUT2D eigenvalue weighted by atomic mass is 10.3. The fourth-order valence-corrected chi connectivity index (χ4v) is 2.60. The van der Waals surface area contributed by atoms with Crippen molar-refractivity contribution in [3.63, 3.8) is 0 Å². The molecule has 2 rings (SSSR count). The number of pyridine rings is 1. The van der Waals surface area contributed by atoms with Crippen LogP contribution in [-0.4, -0.2) is 25.8 Å². The number of thioether (sulfide) groups is 1. The maximum Gasteiger partial charge on any atom is 0.441 e. The second-order valence-electron chi connectivity index (χ2n) is 4.33. The van der Waals surface area contributed by atoms with Crippen molar-refractivity contribution in [1.82, 2.24) is 14.5 Å². The third kappa shape index (κ3) is 3.38. The van der Waals surface area contributed by atoms with Crippen LogP contribution in [0.2, 0.25) is 0 Å². The number of imidazole rings is 1. The van der Waals surface area contributed by atoms with E-state index in [1.807, 2.05) is 13.0 Å². The minimum atomic E-state index is -4.23. The third-order valence-corrected chi connectivity index (χ3v) is 3.71. The second-order valence-corrected chi connectivity index (χ2v) is 6.15. The molecule has 0 aromatic carbocycles. The molecule has 2 aromatic rings. The van der Waals surface area contributed by atoms with Gasteiger partial charge < -0.3 is 4.57 Å². The van der Waals surface area contributed by atoms with Crippen molar-refractivity contribution in [2.45, 2.75) is 31.3 Å². The molecule has 0 aliphatic heterocycles. The first-order valence-electron chi connectivity index (χ1n) is 5.96. The van der Waals surface area contributed by atoms with E-state index in [0.29, 0.717) is 17.0 Å². The van der Waals surface area contributed by atoms with E-state index in [1.54, 1.807) is 17.7 Å². The molecule has 2 aromatic heterocycles. The number of halogens is 4. The third-order valence-electron chi connectivity index (χ3n) is 2.80. The number of nitrogens with zero attached hydrogens (tertiary/aromatic N) is 3. The fraction of sp³-hybridized carbons (Fsp3) is 0.500. The Morgan fingerprint density at radius 1 is 1.45 bits per heavy atom. The molecule has 0 fully saturated rings. The van der Waals surface area contributed by atoms with Gasteiger partial charge in [0.2, 0.25) is 0 Å². The van der Waals surface area contributed by atoms with Crippen molar-refractivity contribution in [3.8, 4) is 0 Å². The highest BCUT2D eigenvalue weighted by molar-refractivity contribution is 8.00. The number of alkyl halides is 4. The maximum absolute atomic E-state index is 12.2. The van der Waals surface area contributed by atoms with E-state index in [0.717, 1.165) is 5.56 Å². The Morgan fingerprint density at radius 3 is 2.75 bits per heavy atom. The Bertz CT molecular complexity index is 610. The summed E-state index contributed by atoms with van der Waals surface area (Å²) in [5.74, 6) is 0.451. The quantitative estimate of drug-likeness (QED) is 0.786. The zero-order valence-electron chi connectivity index (χ0n) is 10.9. The van der Waals surface area contributed by atoms with Crippen LogP contribution >= 0.6 is 23.4 Å². The van der Waals surface area contributed by atoms with E-state index in [4.69, 9.17) is 11.6 Å². The fourth-order valence-electron chi connectivity index (χ4n) is 1.93. The van der Waals surface area contributed by atoms with Gasteiger partial charge in [0.05, 0.1) is 5.38 Å². The summed E-state index contributed by atoms with van der Waals surface area (Å²) in [7, 11) is 0. The second kappa shape index (κ2) is 5.81. The summed E-state index contributed by atoms with van der Waals surface area (Å²) in [4.78, 5) is 8.62. The molecule has 0 amide bonds. The first-order valence-corrected chi connectivity index (χ1v) is 7.38. The predicted molar refractivity (Wildman–Crippen MR) is 75.0 cm³/mol. The SMILES string of the molecule is Cc1ccnc2c1nc(C(C)Cl)n2CCSC(F)(F)F. The number of rotatable bonds is 4. The monoisotopic (exact) mass is 323 g/mol. The lowest BCUT2D eigenvalue weighted by molar-refractivity contribution is -0.0328. The Kier molecular flexibility index (Phi) is 4.49. The van der Waals surface area contributed by atoms with Gasteiger partial charge in [0.15, 0.2) is 5.65 Å². The molecule has 8 heteroatoms. The smallest absolute Gasteiger partial charge is 0.311 e.